The highest BCUT2D eigenvalue weighted by atomic mass is 16.6. The number of nitrogens with two attached hydrogens (primary N) is 1. The Morgan fingerprint density at radius 1 is 1.32 bits per heavy atom. The number of nitrogens with one attached hydrogen (secondary N) is 1. The highest BCUT2D eigenvalue weighted by Crippen LogP contribution is 2.27. The molecule has 1 amide bonds. The molecule has 0 radical (unpaired) electrons. The summed E-state index contributed by atoms with van der Waals surface area (Å²) in [6.07, 6.45) is 1.51. The molecule has 3 N–H and O–H groups in total. The Labute approximate surface area is 143 Å². The van der Waals surface area contributed by atoms with Crippen molar-refractivity contribution in [2.45, 2.75) is 0 Å². The van der Waals surface area contributed by atoms with Crippen molar-refractivity contribution in [3.05, 3.63) is 58.1 Å². The highest BCUT2D eigenvalue weighted by molar-refractivity contribution is 5.81. The van der Waals surface area contributed by atoms with Gasteiger partial charge in [0.05, 0.1) is 23.9 Å². The average molecular weight is 344 g/mol. The number of ether oxygens (including phenoxy) is 2. The normalized spacial score (nSPS) is 10.4. The van der Waals surface area contributed by atoms with Crippen molar-refractivity contribution in [2.75, 3.05) is 19.1 Å². The summed E-state index contributed by atoms with van der Waals surface area (Å²) in [6.45, 7) is -0.252. The van der Waals surface area contributed by atoms with Crippen LogP contribution in [0.15, 0.2) is 47.6 Å². The zero-order chi connectivity index (χ0) is 18.2. The van der Waals surface area contributed by atoms with Crippen molar-refractivity contribution in [3.8, 4) is 11.5 Å². The van der Waals surface area contributed by atoms with E-state index in [1.54, 1.807) is 30.3 Å². The van der Waals surface area contributed by atoms with E-state index < -0.39 is 10.8 Å². The largest absolute Gasteiger partial charge is 0.493 e. The van der Waals surface area contributed by atoms with Gasteiger partial charge in [-0.05, 0) is 29.8 Å². The molecule has 0 fully saturated rings. The van der Waals surface area contributed by atoms with Crippen LogP contribution in [0, 0.1) is 10.1 Å². The number of primary amides is 1. The van der Waals surface area contributed by atoms with E-state index in [0.717, 1.165) is 0 Å². The van der Waals surface area contributed by atoms with Crippen molar-refractivity contribution in [2.24, 2.45) is 10.8 Å². The molecule has 0 saturated carbocycles. The number of benzene rings is 2. The molecule has 130 valence electrons. The summed E-state index contributed by atoms with van der Waals surface area (Å²) in [4.78, 5) is 21.0. The van der Waals surface area contributed by atoms with Crippen molar-refractivity contribution >= 4 is 23.5 Å². The van der Waals surface area contributed by atoms with E-state index in [1.807, 2.05) is 0 Å². The minimum atomic E-state index is -0.589. The fourth-order valence-electron chi connectivity index (χ4n) is 1.90. The molecular weight excluding hydrogens is 328 g/mol. The van der Waals surface area contributed by atoms with Gasteiger partial charge >= 0.3 is 0 Å². The van der Waals surface area contributed by atoms with Gasteiger partial charge in [0.25, 0.3) is 11.6 Å². The maximum absolute atomic E-state index is 10.8. The Balaban J connectivity index is 2.06. The first-order valence-electron chi connectivity index (χ1n) is 7.12. The summed E-state index contributed by atoms with van der Waals surface area (Å²) >= 11 is 0. The molecule has 2 aromatic carbocycles. The average Bonchev–Trinajstić information content (AvgIpc) is 2.60. The summed E-state index contributed by atoms with van der Waals surface area (Å²) in [5.41, 5.74) is 8.90. The molecule has 2 rings (SSSR count). The van der Waals surface area contributed by atoms with Gasteiger partial charge in [-0.2, -0.15) is 5.10 Å². The number of nitro benzene ring substituents is 1. The van der Waals surface area contributed by atoms with E-state index in [4.69, 9.17) is 15.2 Å². The number of anilines is 1. The van der Waals surface area contributed by atoms with Crippen LogP contribution in [0.25, 0.3) is 0 Å². The minimum absolute atomic E-state index is 0.0298. The predicted molar refractivity (Wildman–Crippen MR) is 92.0 cm³/mol. The van der Waals surface area contributed by atoms with Gasteiger partial charge in [-0.25, -0.2) is 0 Å². The van der Waals surface area contributed by atoms with Crippen LogP contribution in [-0.4, -0.2) is 30.8 Å². The number of hydrogen-bond donors (Lipinski definition) is 2. The summed E-state index contributed by atoms with van der Waals surface area (Å²) in [7, 11) is 1.47. The number of hydrogen-bond acceptors (Lipinski definition) is 7. The second kappa shape index (κ2) is 8.29. The minimum Gasteiger partial charge on any atom is -0.493 e. The monoisotopic (exact) mass is 344 g/mol. The second-order valence-corrected chi connectivity index (χ2v) is 4.84. The lowest BCUT2D eigenvalue weighted by atomic mass is 10.2. The van der Waals surface area contributed by atoms with Crippen LogP contribution in [0.2, 0.25) is 0 Å². The molecule has 0 unspecified atom stereocenters. The summed E-state index contributed by atoms with van der Waals surface area (Å²) in [5, 5.41) is 14.8. The van der Waals surface area contributed by atoms with Crippen molar-refractivity contribution in [3.63, 3.8) is 0 Å². The molecule has 0 aromatic heterocycles. The lowest BCUT2D eigenvalue weighted by Gasteiger charge is -2.09. The van der Waals surface area contributed by atoms with Gasteiger partial charge in [-0.3, -0.25) is 20.3 Å². The number of hydrazone groups is 1. The quantitative estimate of drug-likeness (QED) is 0.427. The van der Waals surface area contributed by atoms with Gasteiger partial charge < -0.3 is 15.2 Å². The number of nitrogens with zero attached hydrogens (tertiary/aromatic N) is 2. The molecule has 25 heavy (non-hydrogen) atoms. The van der Waals surface area contributed by atoms with E-state index in [1.165, 1.54) is 25.5 Å². The Bertz CT molecular complexity index is 807. The van der Waals surface area contributed by atoms with E-state index in [9.17, 15) is 14.9 Å². The van der Waals surface area contributed by atoms with Crippen LogP contribution in [0.3, 0.4) is 0 Å². The van der Waals surface area contributed by atoms with Crippen LogP contribution < -0.4 is 20.6 Å². The molecule has 0 aliphatic carbocycles. The van der Waals surface area contributed by atoms with Gasteiger partial charge in [0.1, 0.15) is 0 Å². The van der Waals surface area contributed by atoms with E-state index in [0.29, 0.717) is 22.7 Å². The molecule has 0 aliphatic rings. The van der Waals surface area contributed by atoms with Gasteiger partial charge in [-0.15, -0.1) is 0 Å². The number of rotatable bonds is 8. The summed E-state index contributed by atoms with van der Waals surface area (Å²) in [5.74, 6) is 0.208. The number of amides is 1. The maximum Gasteiger partial charge on any atom is 0.271 e. The number of methoxy groups -OCH3 is 1. The van der Waals surface area contributed by atoms with Gasteiger partial charge in [0.15, 0.2) is 18.1 Å². The fraction of sp³-hybridized carbons (Fsp3) is 0.125. The molecule has 0 spiro atoms. The third-order valence-electron chi connectivity index (χ3n) is 3.02. The van der Waals surface area contributed by atoms with Gasteiger partial charge in [0.2, 0.25) is 0 Å². The molecule has 0 aliphatic heterocycles. The smallest absolute Gasteiger partial charge is 0.271 e. The Kier molecular flexibility index (Phi) is 5.88. The maximum atomic E-state index is 10.8. The van der Waals surface area contributed by atoms with E-state index in [2.05, 4.69) is 10.5 Å². The summed E-state index contributed by atoms with van der Waals surface area (Å²) < 4.78 is 10.4. The first kappa shape index (κ1) is 17.7. The highest BCUT2D eigenvalue weighted by Gasteiger charge is 2.07. The van der Waals surface area contributed by atoms with Crippen molar-refractivity contribution in [1.29, 1.82) is 0 Å². The van der Waals surface area contributed by atoms with Crippen LogP contribution in [0.1, 0.15) is 5.56 Å². The first-order valence-corrected chi connectivity index (χ1v) is 7.12. The predicted octanol–water partition coefficient (Wildman–Crippen LogP) is 1.91. The molecule has 0 bridgehead atoms. The van der Waals surface area contributed by atoms with Gasteiger partial charge in [0, 0.05) is 12.1 Å². The number of carbonyl (C=O) groups excluding carboxylic acids is 1. The Morgan fingerprint density at radius 3 is 2.80 bits per heavy atom. The van der Waals surface area contributed by atoms with Gasteiger partial charge in [-0.1, -0.05) is 6.07 Å². The molecule has 0 heterocycles. The SMILES string of the molecule is COc1cc(/C=N/Nc2cccc([N+](=O)[O-])c2)ccc1OCC(N)=O. The summed E-state index contributed by atoms with van der Waals surface area (Å²) in [6, 6.07) is 11.0. The number of carbonyl (C=O) groups is 1. The molecule has 9 heteroatoms. The van der Waals surface area contributed by atoms with Crippen LogP contribution in [0.5, 0.6) is 11.5 Å². The van der Waals surface area contributed by atoms with E-state index in [-0.39, 0.29) is 12.3 Å². The fourth-order valence-corrected chi connectivity index (χ4v) is 1.90. The molecular formula is C16H16N4O5. The Morgan fingerprint density at radius 2 is 2.12 bits per heavy atom. The number of non-ortho nitro benzene ring substituents is 1. The van der Waals surface area contributed by atoms with Crippen molar-refractivity contribution in [1.82, 2.24) is 0 Å². The van der Waals surface area contributed by atoms with Crippen molar-refractivity contribution < 1.29 is 19.2 Å². The van der Waals surface area contributed by atoms with Crippen LogP contribution in [0.4, 0.5) is 11.4 Å². The lowest BCUT2D eigenvalue weighted by Crippen LogP contribution is -2.20. The number of nitro groups is 1. The first-order chi connectivity index (χ1) is 12.0. The Hall–Kier alpha value is -3.62. The molecule has 9 nitrogen and oxygen atoms in total. The molecule has 0 atom stereocenters. The zero-order valence-electron chi connectivity index (χ0n) is 13.3. The molecule has 0 saturated heterocycles. The topological polar surface area (TPSA) is 129 Å². The van der Waals surface area contributed by atoms with Crippen LogP contribution >= 0.6 is 0 Å². The lowest BCUT2D eigenvalue weighted by molar-refractivity contribution is -0.384. The third kappa shape index (κ3) is 5.20. The second-order valence-electron chi connectivity index (χ2n) is 4.84. The van der Waals surface area contributed by atoms with E-state index >= 15 is 0 Å². The molecule has 2 aromatic rings. The third-order valence-corrected chi connectivity index (χ3v) is 3.02. The zero-order valence-corrected chi connectivity index (χ0v) is 13.3. The standard InChI is InChI=1S/C16H16N4O5/c1-24-15-7-11(5-6-14(15)25-10-16(17)21)9-18-19-12-3-2-4-13(8-12)20(22)23/h2-9,19H,10H2,1H3,(H2,17,21)/b18-9+. The van der Waals surface area contributed by atoms with Crippen LogP contribution in [-0.2, 0) is 4.79 Å².